The van der Waals surface area contributed by atoms with Gasteiger partial charge in [0.25, 0.3) is 10.0 Å². The molecule has 160 valence electrons. The largest absolute Gasteiger partial charge is 0.481 e. The molecular weight excluding hydrogens is 407 g/mol. The molecule has 0 aliphatic heterocycles. The van der Waals surface area contributed by atoms with Crippen LogP contribution in [0.3, 0.4) is 0 Å². The van der Waals surface area contributed by atoms with Crippen molar-refractivity contribution in [2.75, 3.05) is 40.3 Å². The van der Waals surface area contributed by atoms with Gasteiger partial charge < -0.3 is 14.7 Å². The molecule has 2 N–H and O–H groups in total. The highest BCUT2D eigenvalue weighted by molar-refractivity contribution is 7.90. The summed E-state index contributed by atoms with van der Waals surface area (Å²) in [6, 6.07) is 0. The third-order valence-corrected chi connectivity index (χ3v) is 5.60. The predicted octanol–water partition coefficient (Wildman–Crippen LogP) is 1.19. The molecule has 0 heterocycles. The normalized spacial score (nSPS) is 13.8. The number of alkyl halides is 5. The highest BCUT2D eigenvalue weighted by Crippen LogP contribution is 2.41. The number of carboxylic acids is 2. The molecule has 0 aliphatic carbocycles. The van der Waals surface area contributed by atoms with E-state index >= 15 is 0 Å². The summed E-state index contributed by atoms with van der Waals surface area (Å²) in [7, 11) is -3.04. The molecule has 0 aromatic heterocycles. The van der Waals surface area contributed by atoms with Crippen LogP contribution in [0.1, 0.15) is 19.3 Å². The minimum absolute atomic E-state index is 0.0504. The summed E-state index contributed by atoms with van der Waals surface area (Å²) in [6.45, 7) is -1.62. The van der Waals surface area contributed by atoms with E-state index < -0.39 is 52.9 Å². The molecule has 0 amide bonds. The molecule has 0 bridgehead atoms. The highest BCUT2D eigenvalue weighted by Gasteiger charge is 2.68. The van der Waals surface area contributed by atoms with Crippen LogP contribution in [0.4, 0.5) is 22.0 Å². The first-order valence-corrected chi connectivity index (χ1v) is 9.08. The number of carbonyl (C=O) groups is 2. The fourth-order valence-corrected chi connectivity index (χ4v) is 3.38. The number of carboxylic acid groups (broad SMARTS) is 2. The molecule has 0 rings (SSSR count). The topological polar surface area (TPSA) is 112 Å². The van der Waals surface area contributed by atoms with Crippen LogP contribution in [0, 0.1) is 0 Å². The van der Waals surface area contributed by atoms with E-state index in [9.17, 15) is 40.0 Å². The van der Waals surface area contributed by atoms with Crippen molar-refractivity contribution in [3.63, 3.8) is 0 Å². The maximum Gasteiger partial charge on any atom is 0.470 e. The van der Waals surface area contributed by atoms with Gasteiger partial charge in [0.1, 0.15) is 0 Å². The van der Waals surface area contributed by atoms with Crippen LogP contribution in [-0.4, -0.2) is 91.1 Å². The van der Waals surface area contributed by atoms with E-state index in [1.807, 2.05) is 0 Å². The van der Waals surface area contributed by atoms with Gasteiger partial charge in [-0.25, -0.2) is 8.42 Å². The average molecular weight is 429 g/mol. The number of hydrogen-bond acceptors (Lipinski definition) is 4. The minimum atomic E-state index is -6.36. The summed E-state index contributed by atoms with van der Waals surface area (Å²) < 4.78 is 87.5. The second-order valence-electron chi connectivity index (χ2n) is 6.44. The van der Waals surface area contributed by atoms with Crippen molar-refractivity contribution < 1.29 is 54.7 Å². The molecule has 14 heteroatoms. The number of halogens is 5. The van der Waals surface area contributed by atoms with Gasteiger partial charge in [0.05, 0.1) is 40.0 Å². The molecule has 8 nitrogen and oxygen atoms in total. The standard InChI is InChI=1S/C13H21F5N2O6S/c1-20(2,9-5-11(23)24)8-3-6-19(7-4-10(21)22)27(25,26)13(17,18)12(14,15)16/h3-9H2,1-2H3,(H-,21,22,23,24)/p+1. The Morgan fingerprint density at radius 1 is 0.926 bits per heavy atom. The Kier molecular flexibility index (Phi) is 8.58. The summed E-state index contributed by atoms with van der Waals surface area (Å²) in [4.78, 5) is 21.1. The van der Waals surface area contributed by atoms with Crippen LogP contribution < -0.4 is 0 Å². The number of hydrogen-bond donors (Lipinski definition) is 2. The monoisotopic (exact) mass is 429 g/mol. The van der Waals surface area contributed by atoms with Gasteiger partial charge in [-0.2, -0.15) is 26.3 Å². The van der Waals surface area contributed by atoms with E-state index in [2.05, 4.69) is 0 Å². The van der Waals surface area contributed by atoms with Crippen LogP contribution in [0.15, 0.2) is 0 Å². The van der Waals surface area contributed by atoms with E-state index in [0.29, 0.717) is 0 Å². The van der Waals surface area contributed by atoms with Crippen molar-refractivity contribution in [2.45, 2.75) is 30.7 Å². The zero-order valence-corrected chi connectivity index (χ0v) is 15.5. The fraction of sp³-hybridized carbons (Fsp3) is 0.846. The number of rotatable bonds is 12. The van der Waals surface area contributed by atoms with Gasteiger partial charge in [0, 0.05) is 19.5 Å². The van der Waals surface area contributed by atoms with Crippen LogP contribution in [0.2, 0.25) is 0 Å². The Labute approximate surface area is 152 Å². The number of aliphatic carboxylic acids is 2. The molecule has 0 spiro atoms. The molecule has 0 saturated heterocycles. The zero-order valence-electron chi connectivity index (χ0n) is 14.7. The second kappa shape index (κ2) is 9.10. The maximum atomic E-state index is 13.4. The molecule has 0 radical (unpaired) electrons. The Bertz CT molecular complexity index is 636. The van der Waals surface area contributed by atoms with Crippen molar-refractivity contribution in [1.82, 2.24) is 4.31 Å². The lowest BCUT2D eigenvalue weighted by atomic mass is 10.3. The van der Waals surface area contributed by atoms with Crippen molar-refractivity contribution in [2.24, 2.45) is 0 Å². The van der Waals surface area contributed by atoms with Crippen molar-refractivity contribution >= 4 is 22.0 Å². The first-order valence-electron chi connectivity index (χ1n) is 7.64. The van der Waals surface area contributed by atoms with Gasteiger partial charge >= 0.3 is 23.4 Å². The molecule has 0 aliphatic rings. The van der Waals surface area contributed by atoms with Gasteiger partial charge in [0.15, 0.2) is 0 Å². The van der Waals surface area contributed by atoms with E-state index in [0.717, 1.165) is 0 Å². The molecule has 0 unspecified atom stereocenters. The average Bonchev–Trinajstić information content (AvgIpc) is 2.46. The lowest BCUT2D eigenvalue weighted by Crippen LogP contribution is -2.52. The first kappa shape index (κ1) is 25.5. The van der Waals surface area contributed by atoms with Gasteiger partial charge in [-0.1, -0.05) is 0 Å². The predicted molar refractivity (Wildman–Crippen MR) is 82.5 cm³/mol. The lowest BCUT2D eigenvalue weighted by Gasteiger charge is -2.31. The molecular formula is C13H22F5N2O6S+. The van der Waals surface area contributed by atoms with Crippen LogP contribution in [-0.2, 0) is 19.6 Å². The van der Waals surface area contributed by atoms with Gasteiger partial charge in [0.2, 0.25) is 0 Å². The summed E-state index contributed by atoms with van der Waals surface area (Å²) >= 11 is 0. The molecule has 27 heavy (non-hydrogen) atoms. The third kappa shape index (κ3) is 7.54. The van der Waals surface area contributed by atoms with Crippen LogP contribution in [0.5, 0.6) is 0 Å². The molecule has 0 aromatic rings. The van der Waals surface area contributed by atoms with E-state index in [1.165, 1.54) is 0 Å². The fourth-order valence-electron chi connectivity index (χ4n) is 2.07. The van der Waals surface area contributed by atoms with E-state index in [4.69, 9.17) is 10.2 Å². The van der Waals surface area contributed by atoms with Crippen molar-refractivity contribution in [3.8, 4) is 0 Å². The van der Waals surface area contributed by atoms with Crippen molar-refractivity contribution in [1.29, 1.82) is 0 Å². The number of sulfonamides is 1. The van der Waals surface area contributed by atoms with E-state index in [-0.39, 0.29) is 34.7 Å². The molecule has 0 saturated carbocycles. The Morgan fingerprint density at radius 3 is 1.81 bits per heavy atom. The third-order valence-electron chi connectivity index (χ3n) is 3.67. The smallest absolute Gasteiger partial charge is 0.470 e. The second-order valence-corrected chi connectivity index (χ2v) is 8.42. The SMILES string of the molecule is C[N+](C)(CCCN(CCC(=O)O)S(=O)(=O)C(F)(F)C(F)(F)F)CCC(=O)O. The van der Waals surface area contributed by atoms with Gasteiger partial charge in [-0.15, -0.1) is 0 Å². The lowest BCUT2D eigenvalue weighted by molar-refractivity contribution is -0.889. The van der Waals surface area contributed by atoms with Gasteiger partial charge in [-0.05, 0) is 0 Å². The van der Waals surface area contributed by atoms with E-state index in [1.54, 1.807) is 14.1 Å². The minimum Gasteiger partial charge on any atom is -0.481 e. The first-order chi connectivity index (χ1) is 11.9. The number of quaternary nitrogens is 1. The van der Waals surface area contributed by atoms with Crippen LogP contribution in [0.25, 0.3) is 0 Å². The summed E-state index contributed by atoms with van der Waals surface area (Å²) in [6.07, 6.45) is -7.71. The Balaban J connectivity index is 5.28. The molecule has 0 atom stereocenters. The summed E-state index contributed by atoms with van der Waals surface area (Å²) in [5.74, 6) is -2.65. The maximum absolute atomic E-state index is 13.4. The molecule has 0 aromatic carbocycles. The van der Waals surface area contributed by atoms with Gasteiger partial charge in [-0.3, -0.25) is 9.59 Å². The summed E-state index contributed by atoms with van der Waals surface area (Å²) in [5.41, 5.74) is 0. The van der Waals surface area contributed by atoms with Crippen LogP contribution >= 0.6 is 0 Å². The van der Waals surface area contributed by atoms with Crippen molar-refractivity contribution in [3.05, 3.63) is 0 Å². The Morgan fingerprint density at radius 2 is 1.41 bits per heavy atom. The highest BCUT2D eigenvalue weighted by atomic mass is 32.2. The summed E-state index contributed by atoms with van der Waals surface area (Å²) in [5, 5.41) is 11.2. The zero-order chi connectivity index (χ0) is 21.7. The Hall–Kier alpha value is -1.54. The number of nitrogens with zero attached hydrogens (tertiary/aromatic N) is 2. The quantitative estimate of drug-likeness (QED) is 0.356. The molecule has 0 fully saturated rings.